The Kier molecular flexibility index (Phi) is 5.03. The molecule has 2 aromatic carbocycles. The zero-order valence-corrected chi connectivity index (χ0v) is 14.5. The molecule has 3 rings (SSSR count). The van der Waals surface area contributed by atoms with E-state index in [2.05, 4.69) is 5.32 Å². The topological polar surface area (TPSA) is 58.6 Å². The Morgan fingerprint density at radius 3 is 2.24 bits per heavy atom. The summed E-state index contributed by atoms with van der Waals surface area (Å²) in [5, 5.41) is 2.74. The molecule has 1 saturated carbocycles. The molecule has 0 radical (unpaired) electrons. The van der Waals surface area contributed by atoms with Crippen LogP contribution >= 0.6 is 0 Å². The normalized spacial score (nSPS) is 13.2. The molecule has 1 fully saturated rings. The van der Waals surface area contributed by atoms with E-state index in [0.717, 1.165) is 35.5 Å². The van der Waals surface area contributed by atoms with Crippen molar-refractivity contribution in [3.63, 3.8) is 0 Å². The first kappa shape index (κ1) is 17.0. The summed E-state index contributed by atoms with van der Waals surface area (Å²) in [7, 11) is 1.62. The minimum atomic E-state index is -0.109. The predicted octanol–water partition coefficient (Wildman–Crippen LogP) is 3.39. The van der Waals surface area contributed by atoms with Crippen LogP contribution in [0, 0.1) is 0 Å². The smallest absolute Gasteiger partial charge is 0.231 e. The van der Waals surface area contributed by atoms with Crippen LogP contribution in [-0.2, 0) is 16.0 Å². The SMILES string of the molecule is COc1ccc(CC(=O)N(c2ccc(NC(C)=O)cc2)C2CC2)cc1. The molecule has 0 bridgehead atoms. The lowest BCUT2D eigenvalue weighted by Gasteiger charge is -2.23. The number of benzene rings is 2. The number of methoxy groups -OCH3 is 1. The maximum Gasteiger partial charge on any atom is 0.231 e. The molecule has 5 heteroatoms. The molecule has 0 aromatic heterocycles. The van der Waals surface area contributed by atoms with Gasteiger partial charge in [0, 0.05) is 24.3 Å². The Morgan fingerprint density at radius 2 is 1.72 bits per heavy atom. The van der Waals surface area contributed by atoms with Gasteiger partial charge in [0.15, 0.2) is 0 Å². The minimum Gasteiger partial charge on any atom is -0.497 e. The largest absolute Gasteiger partial charge is 0.497 e. The van der Waals surface area contributed by atoms with E-state index in [4.69, 9.17) is 4.74 Å². The van der Waals surface area contributed by atoms with E-state index in [1.165, 1.54) is 6.92 Å². The number of nitrogens with one attached hydrogen (secondary N) is 1. The fraction of sp³-hybridized carbons (Fsp3) is 0.300. The van der Waals surface area contributed by atoms with Crippen molar-refractivity contribution >= 4 is 23.2 Å². The molecular formula is C20H22N2O3. The zero-order valence-electron chi connectivity index (χ0n) is 14.5. The summed E-state index contributed by atoms with van der Waals surface area (Å²) in [6.07, 6.45) is 2.41. The quantitative estimate of drug-likeness (QED) is 0.878. The molecular weight excluding hydrogens is 316 g/mol. The number of carbonyl (C=O) groups is 2. The highest BCUT2D eigenvalue weighted by molar-refractivity contribution is 5.96. The standard InChI is InChI=1S/C20H22N2O3/c1-14(23)21-16-5-7-17(8-6-16)22(18-9-10-18)20(24)13-15-3-11-19(25-2)12-4-15/h3-8,11-12,18H,9-10,13H2,1-2H3,(H,21,23). The Hall–Kier alpha value is -2.82. The summed E-state index contributed by atoms with van der Waals surface area (Å²) in [5.41, 5.74) is 2.57. The lowest BCUT2D eigenvalue weighted by molar-refractivity contribution is -0.118. The molecule has 130 valence electrons. The van der Waals surface area contributed by atoms with Crippen LogP contribution in [0.4, 0.5) is 11.4 Å². The third-order valence-corrected chi connectivity index (χ3v) is 4.16. The fourth-order valence-electron chi connectivity index (χ4n) is 2.80. The van der Waals surface area contributed by atoms with Crippen molar-refractivity contribution in [2.24, 2.45) is 0 Å². The van der Waals surface area contributed by atoms with Crippen molar-refractivity contribution in [1.29, 1.82) is 0 Å². The van der Waals surface area contributed by atoms with Gasteiger partial charge in [-0.1, -0.05) is 12.1 Å². The van der Waals surface area contributed by atoms with Crippen molar-refractivity contribution < 1.29 is 14.3 Å². The van der Waals surface area contributed by atoms with Gasteiger partial charge in [-0.15, -0.1) is 0 Å². The van der Waals surface area contributed by atoms with Gasteiger partial charge in [-0.25, -0.2) is 0 Å². The third kappa shape index (κ3) is 4.38. The van der Waals surface area contributed by atoms with Gasteiger partial charge in [-0.3, -0.25) is 9.59 Å². The van der Waals surface area contributed by atoms with Crippen LogP contribution in [0.3, 0.4) is 0 Å². The molecule has 2 amide bonds. The molecule has 1 aliphatic rings. The van der Waals surface area contributed by atoms with Crippen molar-refractivity contribution in [2.75, 3.05) is 17.3 Å². The molecule has 0 aliphatic heterocycles. The lowest BCUT2D eigenvalue weighted by atomic mass is 10.1. The Bertz CT molecular complexity index is 750. The molecule has 25 heavy (non-hydrogen) atoms. The Labute approximate surface area is 147 Å². The molecule has 5 nitrogen and oxygen atoms in total. The summed E-state index contributed by atoms with van der Waals surface area (Å²) < 4.78 is 5.15. The first-order chi connectivity index (χ1) is 12.1. The average molecular weight is 338 g/mol. The summed E-state index contributed by atoms with van der Waals surface area (Å²) >= 11 is 0. The highest BCUT2D eigenvalue weighted by atomic mass is 16.5. The van der Waals surface area contributed by atoms with Gasteiger partial charge in [-0.2, -0.15) is 0 Å². The highest BCUT2D eigenvalue weighted by Crippen LogP contribution is 2.33. The van der Waals surface area contributed by atoms with Crippen LogP contribution in [0.1, 0.15) is 25.3 Å². The molecule has 0 atom stereocenters. The van der Waals surface area contributed by atoms with Gasteiger partial charge in [0.25, 0.3) is 0 Å². The Morgan fingerprint density at radius 1 is 1.08 bits per heavy atom. The van der Waals surface area contributed by atoms with E-state index in [1.54, 1.807) is 7.11 Å². The second-order valence-corrected chi connectivity index (χ2v) is 6.25. The Balaban J connectivity index is 1.73. The van der Waals surface area contributed by atoms with Crippen LogP contribution in [0.25, 0.3) is 0 Å². The van der Waals surface area contributed by atoms with Gasteiger partial charge < -0.3 is 15.0 Å². The summed E-state index contributed by atoms with van der Waals surface area (Å²) in [6.45, 7) is 1.47. The molecule has 1 aliphatic carbocycles. The predicted molar refractivity (Wildman–Crippen MR) is 98.0 cm³/mol. The van der Waals surface area contributed by atoms with Crippen LogP contribution < -0.4 is 15.0 Å². The highest BCUT2D eigenvalue weighted by Gasteiger charge is 2.33. The van der Waals surface area contributed by atoms with Gasteiger partial charge in [0.2, 0.25) is 11.8 Å². The molecule has 0 heterocycles. The second-order valence-electron chi connectivity index (χ2n) is 6.25. The van der Waals surface area contributed by atoms with E-state index < -0.39 is 0 Å². The van der Waals surface area contributed by atoms with Crippen LogP contribution in [0.5, 0.6) is 5.75 Å². The van der Waals surface area contributed by atoms with Crippen LogP contribution in [0.15, 0.2) is 48.5 Å². The monoisotopic (exact) mass is 338 g/mol. The summed E-state index contributed by atoms with van der Waals surface area (Å²) in [4.78, 5) is 25.8. The second kappa shape index (κ2) is 7.38. The summed E-state index contributed by atoms with van der Waals surface area (Å²) in [5.74, 6) is 0.756. The van der Waals surface area contributed by atoms with E-state index in [-0.39, 0.29) is 17.9 Å². The molecule has 0 spiro atoms. The molecule has 0 unspecified atom stereocenters. The number of hydrogen-bond acceptors (Lipinski definition) is 3. The van der Waals surface area contributed by atoms with Crippen molar-refractivity contribution in [2.45, 2.75) is 32.2 Å². The molecule has 0 saturated heterocycles. The van der Waals surface area contributed by atoms with Gasteiger partial charge >= 0.3 is 0 Å². The maximum absolute atomic E-state index is 12.8. The number of carbonyl (C=O) groups excluding carboxylic acids is 2. The van der Waals surface area contributed by atoms with Crippen molar-refractivity contribution in [3.8, 4) is 5.75 Å². The molecule has 2 aromatic rings. The maximum atomic E-state index is 12.8. The first-order valence-electron chi connectivity index (χ1n) is 8.39. The van der Waals surface area contributed by atoms with Gasteiger partial charge in [-0.05, 0) is 54.8 Å². The molecule has 1 N–H and O–H groups in total. The van der Waals surface area contributed by atoms with E-state index in [1.807, 2.05) is 53.4 Å². The number of ether oxygens (including phenoxy) is 1. The third-order valence-electron chi connectivity index (χ3n) is 4.16. The van der Waals surface area contributed by atoms with E-state index >= 15 is 0 Å². The van der Waals surface area contributed by atoms with E-state index in [0.29, 0.717) is 6.42 Å². The van der Waals surface area contributed by atoms with Crippen LogP contribution in [0.2, 0.25) is 0 Å². The average Bonchev–Trinajstić information content (AvgIpc) is 3.42. The van der Waals surface area contributed by atoms with Crippen molar-refractivity contribution in [3.05, 3.63) is 54.1 Å². The van der Waals surface area contributed by atoms with Crippen molar-refractivity contribution in [1.82, 2.24) is 0 Å². The number of amides is 2. The fourth-order valence-corrected chi connectivity index (χ4v) is 2.80. The van der Waals surface area contributed by atoms with E-state index in [9.17, 15) is 9.59 Å². The summed E-state index contributed by atoms with van der Waals surface area (Å²) in [6, 6.07) is 15.3. The number of hydrogen-bond donors (Lipinski definition) is 1. The number of nitrogens with zero attached hydrogens (tertiary/aromatic N) is 1. The number of anilines is 2. The number of rotatable bonds is 6. The minimum absolute atomic E-state index is 0.0833. The lowest BCUT2D eigenvalue weighted by Crippen LogP contribution is -2.34. The van der Waals surface area contributed by atoms with Gasteiger partial charge in [0.1, 0.15) is 5.75 Å². The van der Waals surface area contributed by atoms with Crippen LogP contribution in [-0.4, -0.2) is 25.0 Å². The zero-order chi connectivity index (χ0) is 17.8. The first-order valence-corrected chi connectivity index (χ1v) is 8.39. The van der Waals surface area contributed by atoms with Gasteiger partial charge in [0.05, 0.1) is 13.5 Å².